The van der Waals surface area contributed by atoms with Gasteiger partial charge in [0, 0.05) is 12.5 Å². The van der Waals surface area contributed by atoms with E-state index in [0.717, 1.165) is 6.42 Å². The number of aliphatic carboxylic acids is 1. The molecular weight excluding hydrogens is 274 g/mol. The van der Waals surface area contributed by atoms with Gasteiger partial charge in [0.2, 0.25) is 5.91 Å². The number of amides is 1. The van der Waals surface area contributed by atoms with E-state index in [0.29, 0.717) is 12.8 Å². The first kappa shape index (κ1) is 16.7. The first-order chi connectivity index (χ1) is 9.43. The number of rotatable bonds is 8. The summed E-state index contributed by atoms with van der Waals surface area (Å²) in [5.74, 6) is -1.07. The number of thiophene rings is 1. The molecule has 1 heterocycles. The van der Waals surface area contributed by atoms with E-state index in [-0.39, 0.29) is 18.4 Å². The molecule has 0 aliphatic rings. The normalized spacial score (nSPS) is 12.9. The minimum absolute atomic E-state index is 0.0114. The van der Waals surface area contributed by atoms with Crippen molar-refractivity contribution in [1.29, 1.82) is 0 Å². The zero-order valence-corrected chi connectivity index (χ0v) is 13.1. The van der Waals surface area contributed by atoms with Crippen LogP contribution in [0.2, 0.25) is 0 Å². The van der Waals surface area contributed by atoms with E-state index in [1.165, 1.54) is 5.56 Å². The lowest BCUT2D eigenvalue weighted by molar-refractivity contribution is -0.152. The first-order valence-corrected chi connectivity index (χ1v) is 7.91. The van der Waals surface area contributed by atoms with Crippen LogP contribution in [0, 0.1) is 5.41 Å². The van der Waals surface area contributed by atoms with Gasteiger partial charge in [-0.15, -0.1) is 0 Å². The van der Waals surface area contributed by atoms with E-state index >= 15 is 0 Å². The van der Waals surface area contributed by atoms with E-state index in [9.17, 15) is 14.7 Å². The molecule has 0 aliphatic heterocycles. The van der Waals surface area contributed by atoms with E-state index in [4.69, 9.17) is 0 Å². The summed E-state index contributed by atoms with van der Waals surface area (Å²) in [6.45, 7) is 5.58. The van der Waals surface area contributed by atoms with Crippen molar-refractivity contribution in [1.82, 2.24) is 5.32 Å². The van der Waals surface area contributed by atoms with Crippen LogP contribution < -0.4 is 5.32 Å². The van der Waals surface area contributed by atoms with Crippen molar-refractivity contribution in [3.63, 3.8) is 0 Å². The third-order valence-electron chi connectivity index (χ3n) is 3.84. The van der Waals surface area contributed by atoms with E-state index in [1.54, 1.807) is 11.3 Å². The number of carbonyl (C=O) groups is 2. The molecule has 1 amide bonds. The monoisotopic (exact) mass is 297 g/mol. The predicted octanol–water partition coefficient (Wildman–Crippen LogP) is 3.08. The van der Waals surface area contributed by atoms with Crippen molar-refractivity contribution in [2.45, 2.75) is 52.5 Å². The summed E-state index contributed by atoms with van der Waals surface area (Å²) in [5, 5.41) is 16.3. The second kappa shape index (κ2) is 7.43. The van der Waals surface area contributed by atoms with Crippen LogP contribution >= 0.6 is 11.3 Å². The van der Waals surface area contributed by atoms with Crippen LogP contribution in [0.5, 0.6) is 0 Å². The van der Waals surface area contributed by atoms with E-state index < -0.39 is 11.4 Å². The molecule has 1 aromatic heterocycles. The molecule has 0 saturated carbocycles. The number of carboxylic acid groups (broad SMARTS) is 1. The average molecular weight is 297 g/mol. The first-order valence-electron chi connectivity index (χ1n) is 6.97. The van der Waals surface area contributed by atoms with E-state index in [2.05, 4.69) is 10.7 Å². The lowest BCUT2D eigenvalue weighted by Crippen LogP contribution is -2.40. The molecule has 0 bridgehead atoms. The van der Waals surface area contributed by atoms with Gasteiger partial charge < -0.3 is 10.4 Å². The maximum atomic E-state index is 12.0. The predicted molar refractivity (Wildman–Crippen MR) is 80.9 cm³/mol. The van der Waals surface area contributed by atoms with Crippen molar-refractivity contribution < 1.29 is 14.7 Å². The topological polar surface area (TPSA) is 66.4 Å². The van der Waals surface area contributed by atoms with Crippen LogP contribution in [-0.4, -0.2) is 23.0 Å². The molecular formula is C15H23NO3S. The minimum atomic E-state index is -0.938. The summed E-state index contributed by atoms with van der Waals surface area (Å²) in [4.78, 5) is 23.4. The zero-order chi connectivity index (χ0) is 15.2. The van der Waals surface area contributed by atoms with Gasteiger partial charge in [-0.2, -0.15) is 11.3 Å². The van der Waals surface area contributed by atoms with Gasteiger partial charge in [0.1, 0.15) is 0 Å². The van der Waals surface area contributed by atoms with Gasteiger partial charge in [0.25, 0.3) is 0 Å². The molecule has 1 aromatic rings. The van der Waals surface area contributed by atoms with Gasteiger partial charge in [-0.05, 0) is 48.6 Å². The Bertz CT molecular complexity index is 438. The number of nitrogens with one attached hydrogen (secondary N) is 1. The van der Waals surface area contributed by atoms with Crippen LogP contribution in [0.1, 0.15) is 45.6 Å². The molecule has 0 aromatic carbocycles. The molecule has 0 saturated heterocycles. The van der Waals surface area contributed by atoms with Gasteiger partial charge >= 0.3 is 5.97 Å². The number of carbonyl (C=O) groups excluding carboxylic acids is 1. The summed E-state index contributed by atoms with van der Waals surface area (Å²) in [5.41, 5.74) is 0.255. The van der Waals surface area contributed by atoms with Crippen molar-refractivity contribution in [2.24, 2.45) is 5.41 Å². The average Bonchev–Trinajstić information content (AvgIpc) is 2.88. The lowest BCUT2D eigenvalue weighted by atomic mass is 9.79. The molecule has 0 spiro atoms. The highest BCUT2D eigenvalue weighted by Gasteiger charge is 2.37. The van der Waals surface area contributed by atoms with Gasteiger partial charge in [-0.3, -0.25) is 9.59 Å². The molecule has 1 atom stereocenters. The van der Waals surface area contributed by atoms with Crippen molar-refractivity contribution in [2.75, 3.05) is 0 Å². The van der Waals surface area contributed by atoms with Crippen LogP contribution in [0.3, 0.4) is 0 Å². The highest BCUT2D eigenvalue weighted by Crippen LogP contribution is 2.30. The smallest absolute Gasteiger partial charge is 0.310 e. The van der Waals surface area contributed by atoms with Crippen LogP contribution in [0.25, 0.3) is 0 Å². The SMILES string of the molecule is CCC(CC)(CC(=O)NC(C)Cc1ccsc1)C(=O)O. The molecule has 0 radical (unpaired) electrons. The summed E-state index contributed by atoms with van der Waals surface area (Å²) in [6.07, 6.45) is 1.74. The molecule has 2 N–H and O–H groups in total. The van der Waals surface area contributed by atoms with Crippen molar-refractivity contribution in [3.8, 4) is 0 Å². The molecule has 20 heavy (non-hydrogen) atoms. The fourth-order valence-electron chi connectivity index (χ4n) is 2.32. The quantitative estimate of drug-likeness (QED) is 0.775. The summed E-state index contributed by atoms with van der Waals surface area (Å²) >= 11 is 1.63. The molecule has 0 aliphatic carbocycles. The van der Waals surface area contributed by atoms with Gasteiger partial charge in [0.15, 0.2) is 0 Å². The molecule has 112 valence electrons. The van der Waals surface area contributed by atoms with Crippen LogP contribution in [0.15, 0.2) is 16.8 Å². The largest absolute Gasteiger partial charge is 0.481 e. The van der Waals surface area contributed by atoms with Gasteiger partial charge in [0.05, 0.1) is 5.41 Å². The highest BCUT2D eigenvalue weighted by atomic mass is 32.1. The number of carboxylic acids is 1. The summed E-state index contributed by atoms with van der Waals surface area (Å²) in [6, 6.07) is 2.05. The molecule has 0 fully saturated rings. The molecule has 4 nitrogen and oxygen atoms in total. The Balaban J connectivity index is 2.55. The fourth-order valence-corrected chi connectivity index (χ4v) is 3.01. The van der Waals surface area contributed by atoms with Gasteiger partial charge in [-0.1, -0.05) is 13.8 Å². The summed E-state index contributed by atoms with van der Waals surface area (Å²) in [7, 11) is 0. The third kappa shape index (κ3) is 4.34. The summed E-state index contributed by atoms with van der Waals surface area (Å²) < 4.78 is 0. The fraction of sp³-hybridized carbons (Fsp3) is 0.600. The second-order valence-electron chi connectivity index (χ2n) is 5.27. The Kier molecular flexibility index (Phi) is 6.20. The van der Waals surface area contributed by atoms with Crippen molar-refractivity contribution in [3.05, 3.63) is 22.4 Å². The maximum Gasteiger partial charge on any atom is 0.310 e. The lowest BCUT2D eigenvalue weighted by Gasteiger charge is -2.26. The standard InChI is InChI=1S/C15H23NO3S/c1-4-15(5-2,14(18)19)9-13(17)16-11(3)8-12-6-7-20-10-12/h6-7,10-11H,4-5,8-9H2,1-3H3,(H,16,17)(H,18,19). The van der Waals surface area contributed by atoms with Gasteiger partial charge in [-0.25, -0.2) is 0 Å². The zero-order valence-electron chi connectivity index (χ0n) is 12.3. The Morgan fingerprint density at radius 1 is 1.40 bits per heavy atom. The second-order valence-corrected chi connectivity index (χ2v) is 6.05. The molecule has 1 unspecified atom stereocenters. The minimum Gasteiger partial charge on any atom is -0.481 e. The number of hydrogen-bond acceptors (Lipinski definition) is 3. The molecule has 1 rings (SSSR count). The van der Waals surface area contributed by atoms with Crippen molar-refractivity contribution >= 4 is 23.2 Å². The van der Waals surface area contributed by atoms with Crippen LogP contribution in [0.4, 0.5) is 0 Å². The Morgan fingerprint density at radius 3 is 2.50 bits per heavy atom. The highest BCUT2D eigenvalue weighted by molar-refractivity contribution is 7.07. The van der Waals surface area contributed by atoms with Crippen LogP contribution in [-0.2, 0) is 16.0 Å². The maximum absolute atomic E-state index is 12.0. The van der Waals surface area contributed by atoms with E-state index in [1.807, 2.05) is 32.2 Å². The number of hydrogen-bond donors (Lipinski definition) is 2. The Morgan fingerprint density at radius 2 is 2.05 bits per heavy atom. The third-order valence-corrected chi connectivity index (χ3v) is 4.57. The Labute approximate surface area is 124 Å². The molecule has 5 heteroatoms. The Hall–Kier alpha value is -1.36.